The monoisotopic (exact) mass is 400 g/mol. The van der Waals surface area contributed by atoms with Crippen molar-refractivity contribution in [2.45, 2.75) is 13.1 Å². The summed E-state index contributed by atoms with van der Waals surface area (Å²) < 4.78 is 1.88. The van der Waals surface area contributed by atoms with E-state index in [0.29, 0.717) is 30.3 Å². The van der Waals surface area contributed by atoms with Gasteiger partial charge in [0.2, 0.25) is 5.91 Å². The molecule has 0 aliphatic heterocycles. The van der Waals surface area contributed by atoms with Gasteiger partial charge >= 0.3 is 0 Å². The lowest BCUT2D eigenvalue weighted by Crippen LogP contribution is -2.41. The summed E-state index contributed by atoms with van der Waals surface area (Å²) >= 11 is 0. The van der Waals surface area contributed by atoms with Crippen LogP contribution in [0.4, 0.5) is 5.69 Å². The second-order valence-electron chi connectivity index (χ2n) is 6.52. The van der Waals surface area contributed by atoms with Gasteiger partial charge in [0, 0.05) is 37.2 Å². The third kappa shape index (κ3) is 5.97. The number of guanidine groups is 1. The van der Waals surface area contributed by atoms with Crippen molar-refractivity contribution < 1.29 is 4.79 Å². The van der Waals surface area contributed by atoms with E-state index in [2.05, 4.69) is 44.1 Å². The Morgan fingerprint density at radius 3 is 2.70 bits per heavy atom. The number of nitrogens with zero attached hydrogens (tertiary/aromatic N) is 3. The zero-order valence-electron chi connectivity index (χ0n) is 16.8. The number of aliphatic imine (C=N–C) groups is 1. The van der Waals surface area contributed by atoms with Gasteiger partial charge < -0.3 is 16.0 Å². The fraction of sp³-hybridized carbons (Fsp3) is 0.174. The molecule has 1 amide bonds. The van der Waals surface area contributed by atoms with Gasteiger partial charge in [-0.05, 0) is 35.4 Å². The van der Waals surface area contributed by atoms with E-state index in [0.717, 1.165) is 11.1 Å². The van der Waals surface area contributed by atoms with Crippen LogP contribution in [0.25, 0.3) is 0 Å². The molecule has 1 aromatic heterocycles. The first kappa shape index (κ1) is 20.7. The maximum Gasteiger partial charge on any atom is 0.243 e. The predicted molar refractivity (Wildman–Crippen MR) is 119 cm³/mol. The quantitative estimate of drug-likeness (QED) is 0.323. The van der Waals surface area contributed by atoms with E-state index in [-0.39, 0.29) is 12.5 Å². The Hall–Kier alpha value is -4.05. The van der Waals surface area contributed by atoms with Crippen molar-refractivity contribution in [2.75, 3.05) is 18.9 Å². The first-order chi connectivity index (χ1) is 14.7. The highest BCUT2D eigenvalue weighted by atomic mass is 16.1. The lowest BCUT2D eigenvalue weighted by atomic mass is 10.1. The number of terminal acetylenes is 1. The molecule has 0 saturated heterocycles. The van der Waals surface area contributed by atoms with Crippen molar-refractivity contribution in [3.8, 4) is 12.3 Å². The molecule has 0 unspecified atom stereocenters. The predicted octanol–water partition coefficient (Wildman–Crippen LogP) is 2.22. The molecule has 0 aliphatic carbocycles. The van der Waals surface area contributed by atoms with Crippen LogP contribution in [0.2, 0.25) is 0 Å². The Morgan fingerprint density at radius 2 is 1.97 bits per heavy atom. The normalized spacial score (nSPS) is 10.9. The van der Waals surface area contributed by atoms with Gasteiger partial charge in [-0.2, -0.15) is 5.10 Å². The minimum absolute atomic E-state index is 0.0783. The zero-order valence-corrected chi connectivity index (χ0v) is 16.8. The minimum Gasteiger partial charge on any atom is -0.352 e. The molecule has 7 heteroatoms. The summed E-state index contributed by atoms with van der Waals surface area (Å²) in [6, 6.07) is 17.2. The van der Waals surface area contributed by atoms with Crippen LogP contribution >= 0.6 is 0 Å². The highest BCUT2D eigenvalue weighted by molar-refractivity contribution is 5.95. The molecule has 3 rings (SSSR count). The van der Waals surface area contributed by atoms with Gasteiger partial charge in [0.25, 0.3) is 0 Å². The van der Waals surface area contributed by atoms with Crippen molar-refractivity contribution in [2.24, 2.45) is 4.99 Å². The highest BCUT2D eigenvalue weighted by Crippen LogP contribution is 2.11. The molecule has 2 aromatic carbocycles. The summed E-state index contributed by atoms with van der Waals surface area (Å²) in [5.41, 5.74) is 3.67. The van der Waals surface area contributed by atoms with Gasteiger partial charge in [-0.15, -0.1) is 6.42 Å². The summed E-state index contributed by atoms with van der Waals surface area (Å²) in [4.78, 5) is 16.4. The third-order valence-electron chi connectivity index (χ3n) is 4.41. The Balaban J connectivity index is 1.52. The molecule has 0 atom stereocenters. The van der Waals surface area contributed by atoms with Crippen LogP contribution < -0.4 is 16.0 Å². The molecule has 30 heavy (non-hydrogen) atoms. The molecule has 1 heterocycles. The standard InChI is InChI=1S/C23H24N6O/c1-3-18-8-6-11-21(14-18)28-22(30)16-26-23(24-2)25-15-19-9-4-5-10-20(19)17-29-13-7-12-27-29/h1,4-14H,15-17H2,2H3,(H,28,30)(H2,24,25,26). The highest BCUT2D eigenvalue weighted by Gasteiger charge is 2.07. The maximum atomic E-state index is 12.2. The van der Waals surface area contributed by atoms with Crippen molar-refractivity contribution >= 4 is 17.6 Å². The van der Waals surface area contributed by atoms with Gasteiger partial charge in [0.1, 0.15) is 0 Å². The van der Waals surface area contributed by atoms with E-state index in [1.807, 2.05) is 35.1 Å². The van der Waals surface area contributed by atoms with Crippen molar-refractivity contribution in [3.63, 3.8) is 0 Å². The van der Waals surface area contributed by atoms with E-state index in [9.17, 15) is 4.79 Å². The number of hydrogen-bond donors (Lipinski definition) is 3. The fourth-order valence-electron chi connectivity index (χ4n) is 2.91. The van der Waals surface area contributed by atoms with Gasteiger partial charge in [-0.25, -0.2) is 0 Å². The molecule has 0 radical (unpaired) electrons. The first-order valence-corrected chi connectivity index (χ1v) is 9.53. The molecular formula is C23H24N6O. The average Bonchev–Trinajstić information content (AvgIpc) is 3.28. The number of aromatic nitrogens is 2. The Labute approximate surface area is 176 Å². The molecule has 7 nitrogen and oxygen atoms in total. The maximum absolute atomic E-state index is 12.2. The number of anilines is 1. The van der Waals surface area contributed by atoms with Crippen molar-refractivity contribution in [1.82, 2.24) is 20.4 Å². The van der Waals surface area contributed by atoms with Gasteiger partial charge in [-0.3, -0.25) is 14.5 Å². The van der Waals surface area contributed by atoms with E-state index in [4.69, 9.17) is 6.42 Å². The molecule has 3 aromatic rings. The van der Waals surface area contributed by atoms with Crippen molar-refractivity contribution in [1.29, 1.82) is 0 Å². The van der Waals surface area contributed by atoms with Crippen LogP contribution in [0.3, 0.4) is 0 Å². The van der Waals surface area contributed by atoms with Gasteiger partial charge in [0.05, 0.1) is 13.1 Å². The van der Waals surface area contributed by atoms with E-state index in [1.54, 1.807) is 31.4 Å². The first-order valence-electron chi connectivity index (χ1n) is 9.53. The molecule has 0 aliphatic rings. The smallest absolute Gasteiger partial charge is 0.243 e. The molecule has 0 fully saturated rings. The second kappa shape index (κ2) is 10.5. The van der Waals surface area contributed by atoms with Crippen LogP contribution in [-0.2, 0) is 17.9 Å². The minimum atomic E-state index is -0.189. The molecule has 0 saturated carbocycles. The SMILES string of the molecule is C#Cc1cccc(NC(=O)CNC(=NC)NCc2ccccc2Cn2cccn2)c1. The Kier molecular flexibility index (Phi) is 7.23. The second-order valence-corrected chi connectivity index (χ2v) is 6.52. The van der Waals surface area contributed by atoms with Crippen LogP contribution in [0, 0.1) is 12.3 Å². The van der Waals surface area contributed by atoms with Crippen LogP contribution in [0.1, 0.15) is 16.7 Å². The molecule has 0 bridgehead atoms. The average molecular weight is 400 g/mol. The lowest BCUT2D eigenvalue weighted by Gasteiger charge is -2.14. The summed E-state index contributed by atoms with van der Waals surface area (Å²) in [5, 5.41) is 13.3. The molecule has 0 spiro atoms. The van der Waals surface area contributed by atoms with Gasteiger partial charge in [-0.1, -0.05) is 36.3 Å². The summed E-state index contributed by atoms with van der Waals surface area (Å²) in [6.07, 6.45) is 9.09. The largest absolute Gasteiger partial charge is 0.352 e. The summed E-state index contributed by atoms with van der Waals surface area (Å²) in [6.45, 7) is 1.34. The molecule has 3 N–H and O–H groups in total. The van der Waals surface area contributed by atoms with E-state index >= 15 is 0 Å². The van der Waals surface area contributed by atoms with Crippen LogP contribution in [-0.4, -0.2) is 35.2 Å². The number of carbonyl (C=O) groups is 1. The number of hydrogen-bond acceptors (Lipinski definition) is 3. The Bertz CT molecular complexity index is 1050. The van der Waals surface area contributed by atoms with E-state index in [1.165, 1.54) is 0 Å². The van der Waals surface area contributed by atoms with Crippen LogP contribution in [0.5, 0.6) is 0 Å². The number of nitrogens with one attached hydrogen (secondary N) is 3. The van der Waals surface area contributed by atoms with Gasteiger partial charge in [0.15, 0.2) is 5.96 Å². The van der Waals surface area contributed by atoms with Crippen LogP contribution in [0.15, 0.2) is 72.0 Å². The number of carbonyl (C=O) groups excluding carboxylic acids is 1. The fourth-order valence-corrected chi connectivity index (χ4v) is 2.91. The lowest BCUT2D eigenvalue weighted by molar-refractivity contribution is -0.115. The Morgan fingerprint density at radius 1 is 1.13 bits per heavy atom. The molecule has 152 valence electrons. The topological polar surface area (TPSA) is 83.3 Å². The van der Waals surface area contributed by atoms with E-state index < -0.39 is 0 Å². The number of rotatable bonds is 7. The number of amides is 1. The number of benzene rings is 2. The zero-order chi connectivity index (χ0) is 21.2. The molecular weight excluding hydrogens is 376 g/mol. The summed E-state index contributed by atoms with van der Waals surface area (Å²) in [7, 11) is 1.67. The summed E-state index contributed by atoms with van der Waals surface area (Å²) in [5.74, 6) is 2.90. The van der Waals surface area contributed by atoms with Crippen molar-refractivity contribution in [3.05, 3.63) is 83.7 Å². The third-order valence-corrected chi connectivity index (χ3v) is 4.41.